The van der Waals surface area contributed by atoms with Crippen LogP contribution in [0.4, 0.5) is 0 Å². The van der Waals surface area contributed by atoms with Gasteiger partial charge in [0.15, 0.2) is 0 Å². The number of benzene rings is 1. The smallest absolute Gasteiger partial charge is 0.00443 e. The van der Waals surface area contributed by atoms with Gasteiger partial charge in [-0.1, -0.05) is 52.0 Å². The molecule has 0 amide bonds. The fraction of sp³-hybridized carbons (Fsp3) is 0.625. The Morgan fingerprint density at radius 3 is 1.94 bits per heavy atom. The molecule has 0 aromatic heterocycles. The van der Waals surface area contributed by atoms with E-state index in [1.807, 2.05) is 0 Å². The van der Waals surface area contributed by atoms with Crippen LogP contribution in [0.1, 0.15) is 64.0 Å². The Kier molecular flexibility index (Phi) is 5.70. The molecule has 0 radical (unpaired) electrons. The monoisotopic (exact) mass is 233 g/mol. The van der Waals surface area contributed by atoms with Gasteiger partial charge in [-0.2, -0.15) is 0 Å². The maximum absolute atomic E-state index is 3.48. The van der Waals surface area contributed by atoms with Gasteiger partial charge >= 0.3 is 0 Å². The number of rotatable bonds is 6. The molecule has 0 heterocycles. The van der Waals surface area contributed by atoms with E-state index in [0.29, 0.717) is 17.9 Å². The van der Waals surface area contributed by atoms with Crippen molar-refractivity contribution < 1.29 is 0 Å². The highest BCUT2D eigenvalue weighted by molar-refractivity contribution is 5.26. The average Bonchev–Trinajstić information content (AvgIpc) is 2.29. The Labute approximate surface area is 107 Å². The Morgan fingerprint density at radius 1 is 0.941 bits per heavy atom. The van der Waals surface area contributed by atoms with Crippen molar-refractivity contribution in [3.05, 3.63) is 35.4 Å². The Morgan fingerprint density at radius 2 is 1.47 bits per heavy atom. The van der Waals surface area contributed by atoms with Crippen LogP contribution in [-0.4, -0.2) is 12.6 Å². The minimum absolute atomic E-state index is 0.597. The predicted octanol–water partition coefficient (Wildman–Crippen LogP) is 4.30. The summed E-state index contributed by atoms with van der Waals surface area (Å²) in [5.74, 6) is 1.25. The van der Waals surface area contributed by atoms with Crippen LogP contribution in [0.25, 0.3) is 0 Å². The molecule has 0 aliphatic rings. The van der Waals surface area contributed by atoms with Gasteiger partial charge in [0.05, 0.1) is 0 Å². The van der Waals surface area contributed by atoms with Crippen molar-refractivity contribution in [2.45, 2.75) is 58.9 Å². The van der Waals surface area contributed by atoms with Crippen molar-refractivity contribution in [2.75, 3.05) is 6.54 Å². The molecule has 1 aromatic carbocycles. The second kappa shape index (κ2) is 6.80. The van der Waals surface area contributed by atoms with Gasteiger partial charge in [-0.25, -0.2) is 0 Å². The first-order chi connectivity index (χ1) is 8.04. The third kappa shape index (κ3) is 4.51. The Hall–Kier alpha value is -0.820. The third-order valence-electron chi connectivity index (χ3n) is 3.43. The van der Waals surface area contributed by atoms with Crippen molar-refractivity contribution >= 4 is 0 Å². The molecule has 1 nitrogen and oxygen atoms in total. The summed E-state index contributed by atoms with van der Waals surface area (Å²) in [5, 5.41) is 3.48. The second-order valence-corrected chi connectivity index (χ2v) is 5.42. The zero-order chi connectivity index (χ0) is 12.8. The quantitative estimate of drug-likeness (QED) is 0.772. The molecule has 1 aromatic rings. The summed E-state index contributed by atoms with van der Waals surface area (Å²) < 4.78 is 0. The van der Waals surface area contributed by atoms with Gasteiger partial charge in [-0.05, 0) is 42.9 Å². The van der Waals surface area contributed by atoms with Gasteiger partial charge in [-0.3, -0.25) is 0 Å². The van der Waals surface area contributed by atoms with Crippen LogP contribution in [0.3, 0.4) is 0 Å². The van der Waals surface area contributed by atoms with E-state index >= 15 is 0 Å². The first-order valence-electron chi connectivity index (χ1n) is 6.87. The maximum atomic E-state index is 3.48. The molecular weight excluding hydrogens is 206 g/mol. The van der Waals surface area contributed by atoms with E-state index in [1.165, 1.54) is 17.5 Å². The first kappa shape index (κ1) is 14.2. The van der Waals surface area contributed by atoms with Crippen molar-refractivity contribution in [1.29, 1.82) is 0 Å². The largest absolute Gasteiger partial charge is 0.315 e. The van der Waals surface area contributed by atoms with E-state index in [-0.39, 0.29) is 0 Å². The lowest BCUT2D eigenvalue weighted by atomic mass is 9.92. The molecule has 0 saturated carbocycles. The normalized spacial score (nSPS) is 14.9. The van der Waals surface area contributed by atoms with Crippen LogP contribution >= 0.6 is 0 Å². The van der Waals surface area contributed by atoms with E-state index in [2.05, 4.69) is 64.2 Å². The fourth-order valence-electron chi connectivity index (χ4n) is 2.31. The maximum Gasteiger partial charge on any atom is 0.00443 e. The van der Waals surface area contributed by atoms with Crippen molar-refractivity contribution in [3.63, 3.8) is 0 Å². The molecular formula is C16H27N. The molecule has 96 valence electrons. The van der Waals surface area contributed by atoms with Crippen LogP contribution < -0.4 is 5.32 Å². The topological polar surface area (TPSA) is 12.0 Å². The summed E-state index contributed by atoms with van der Waals surface area (Å²) in [7, 11) is 0. The number of nitrogens with one attached hydrogen (secondary N) is 1. The molecule has 0 saturated heterocycles. The molecule has 2 atom stereocenters. The first-order valence-corrected chi connectivity index (χ1v) is 6.87. The van der Waals surface area contributed by atoms with Gasteiger partial charge in [0, 0.05) is 6.04 Å². The van der Waals surface area contributed by atoms with Crippen LogP contribution in [0, 0.1) is 0 Å². The summed E-state index contributed by atoms with van der Waals surface area (Å²) >= 11 is 0. The van der Waals surface area contributed by atoms with E-state index in [0.717, 1.165) is 6.54 Å². The molecule has 0 spiro atoms. The van der Waals surface area contributed by atoms with Gasteiger partial charge in [0.25, 0.3) is 0 Å². The minimum Gasteiger partial charge on any atom is -0.315 e. The zero-order valence-electron chi connectivity index (χ0n) is 12.0. The van der Waals surface area contributed by atoms with Crippen LogP contribution in [0.15, 0.2) is 24.3 Å². The molecule has 1 rings (SSSR count). The lowest BCUT2D eigenvalue weighted by Crippen LogP contribution is -2.26. The Balaban J connectivity index is 2.60. The summed E-state index contributed by atoms with van der Waals surface area (Å²) in [4.78, 5) is 0. The Bertz CT molecular complexity index is 313. The highest BCUT2D eigenvalue weighted by Crippen LogP contribution is 2.23. The van der Waals surface area contributed by atoms with Gasteiger partial charge in [0.2, 0.25) is 0 Å². The average molecular weight is 233 g/mol. The molecule has 0 fully saturated rings. The summed E-state index contributed by atoms with van der Waals surface area (Å²) in [6.45, 7) is 12.3. The third-order valence-corrected chi connectivity index (χ3v) is 3.43. The summed E-state index contributed by atoms with van der Waals surface area (Å²) in [6.07, 6.45) is 1.20. The van der Waals surface area contributed by atoms with Gasteiger partial charge in [-0.15, -0.1) is 0 Å². The molecule has 0 aliphatic heterocycles. The van der Waals surface area contributed by atoms with E-state index in [1.54, 1.807) is 0 Å². The molecule has 0 aliphatic carbocycles. The molecule has 2 unspecified atom stereocenters. The minimum atomic E-state index is 0.597. The lowest BCUT2D eigenvalue weighted by Gasteiger charge is -2.18. The number of hydrogen-bond acceptors (Lipinski definition) is 1. The second-order valence-electron chi connectivity index (χ2n) is 5.42. The SMILES string of the molecule is CCNC(C)CC(C)c1ccc(C(C)C)cc1. The van der Waals surface area contributed by atoms with Crippen LogP contribution in [0.2, 0.25) is 0 Å². The number of hydrogen-bond donors (Lipinski definition) is 1. The van der Waals surface area contributed by atoms with Gasteiger partial charge in [0.1, 0.15) is 0 Å². The molecule has 1 heteroatoms. The zero-order valence-corrected chi connectivity index (χ0v) is 12.0. The van der Waals surface area contributed by atoms with E-state index in [4.69, 9.17) is 0 Å². The highest BCUT2D eigenvalue weighted by Gasteiger charge is 2.10. The van der Waals surface area contributed by atoms with Crippen molar-refractivity contribution in [3.8, 4) is 0 Å². The summed E-state index contributed by atoms with van der Waals surface area (Å²) in [5.41, 5.74) is 2.89. The summed E-state index contributed by atoms with van der Waals surface area (Å²) in [6, 6.07) is 9.72. The van der Waals surface area contributed by atoms with Crippen LogP contribution in [0.5, 0.6) is 0 Å². The molecule has 0 bridgehead atoms. The van der Waals surface area contributed by atoms with E-state index in [9.17, 15) is 0 Å². The van der Waals surface area contributed by atoms with Crippen LogP contribution in [-0.2, 0) is 0 Å². The van der Waals surface area contributed by atoms with Crippen molar-refractivity contribution in [1.82, 2.24) is 5.32 Å². The molecule has 1 N–H and O–H groups in total. The highest BCUT2D eigenvalue weighted by atomic mass is 14.9. The molecule has 17 heavy (non-hydrogen) atoms. The van der Waals surface area contributed by atoms with E-state index < -0.39 is 0 Å². The predicted molar refractivity (Wildman–Crippen MR) is 76.7 cm³/mol. The fourth-order valence-corrected chi connectivity index (χ4v) is 2.31. The van der Waals surface area contributed by atoms with Crippen molar-refractivity contribution in [2.24, 2.45) is 0 Å². The lowest BCUT2D eigenvalue weighted by molar-refractivity contribution is 0.491. The standard InChI is InChI=1S/C16H27N/c1-6-17-14(5)11-13(4)16-9-7-15(8-10-16)12(2)3/h7-10,12-14,17H,6,11H2,1-5H3. The van der Waals surface area contributed by atoms with Gasteiger partial charge < -0.3 is 5.32 Å².